The van der Waals surface area contributed by atoms with Gasteiger partial charge in [-0.2, -0.15) is 0 Å². The van der Waals surface area contributed by atoms with Crippen molar-refractivity contribution in [2.75, 3.05) is 0 Å². The SMILES string of the molecule is CC(=O)O[C@@H]1C(=O)c2c(O)coc2C[C@@H]1C. The smallest absolute Gasteiger partial charge is 0.303 e. The second kappa shape index (κ2) is 3.66. The zero-order valence-electron chi connectivity index (χ0n) is 9.02. The van der Waals surface area contributed by atoms with E-state index in [1.165, 1.54) is 6.92 Å². The molecule has 0 aromatic carbocycles. The van der Waals surface area contributed by atoms with Gasteiger partial charge in [0, 0.05) is 19.3 Å². The van der Waals surface area contributed by atoms with Crippen molar-refractivity contribution in [1.29, 1.82) is 0 Å². The van der Waals surface area contributed by atoms with Gasteiger partial charge in [0.2, 0.25) is 5.78 Å². The minimum absolute atomic E-state index is 0.143. The van der Waals surface area contributed by atoms with Crippen LogP contribution in [-0.2, 0) is 16.0 Å². The molecule has 1 aromatic rings. The lowest BCUT2D eigenvalue weighted by atomic mass is 9.85. The van der Waals surface area contributed by atoms with Crippen LogP contribution in [0.2, 0.25) is 0 Å². The third-order valence-corrected chi connectivity index (χ3v) is 2.67. The second-order valence-electron chi connectivity index (χ2n) is 3.99. The Morgan fingerprint density at radius 2 is 2.31 bits per heavy atom. The molecule has 2 rings (SSSR count). The highest BCUT2D eigenvalue weighted by Crippen LogP contribution is 2.34. The van der Waals surface area contributed by atoms with E-state index in [1.807, 2.05) is 0 Å². The van der Waals surface area contributed by atoms with Gasteiger partial charge in [0.1, 0.15) is 17.6 Å². The molecule has 1 heterocycles. The van der Waals surface area contributed by atoms with Crippen LogP contribution < -0.4 is 0 Å². The number of hydrogen-bond donors (Lipinski definition) is 1. The number of carbonyl (C=O) groups excluding carboxylic acids is 2. The molecule has 5 heteroatoms. The summed E-state index contributed by atoms with van der Waals surface area (Å²) in [5.41, 5.74) is 0.143. The molecular weight excluding hydrogens is 212 g/mol. The van der Waals surface area contributed by atoms with E-state index in [4.69, 9.17) is 9.15 Å². The molecule has 1 aliphatic rings. The quantitative estimate of drug-likeness (QED) is 0.727. The van der Waals surface area contributed by atoms with E-state index in [-0.39, 0.29) is 17.2 Å². The monoisotopic (exact) mass is 224 g/mol. The van der Waals surface area contributed by atoms with E-state index in [2.05, 4.69) is 0 Å². The number of carbonyl (C=O) groups is 2. The van der Waals surface area contributed by atoms with Gasteiger partial charge in [-0.05, 0) is 0 Å². The number of ketones is 1. The van der Waals surface area contributed by atoms with E-state index < -0.39 is 17.9 Å². The van der Waals surface area contributed by atoms with Crippen molar-refractivity contribution in [3.8, 4) is 5.75 Å². The molecule has 0 unspecified atom stereocenters. The summed E-state index contributed by atoms with van der Waals surface area (Å²) in [6, 6.07) is 0. The number of hydrogen-bond acceptors (Lipinski definition) is 5. The molecule has 1 aromatic heterocycles. The number of rotatable bonds is 1. The maximum Gasteiger partial charge on any atom is 0.303 e. The van der Waals surface area contributed by atoms with Crippen LogP contribution in [0, 0.1) is 5.92 Å². The Morgan fingerprint density at radius 3 is 2.94 bits per heavy atom. The van der Waals surface area contributed by atoms with Crippen LogP contribution in [0.4, 0.5) is 0 Å². The number of ether oxygens (including phenoxy) is 1. The Bertz CT molecular complexity index is 445. The zero-order chi connectivity index (χ0) is 11.9. The van der Waals surface area contributed by atoms with Crippen LogP contribution in [0.25, 0.3) is 0 Å². The van der Waals surface area contributed by atoms with Gasteiger partial charge >= 0.3 is 5.97 Å². The number of esters is 1. The standard InChI is InChI=1S/C11H12O5/c1-5-3-8-9(7(13)4-15-8)10(14)11(5)16-6(2)12/h4-5,11,13H,3H2,1-2H3/t5-,11-/m0/s1. The Labute approximate surface area is 92.0 Å². The van der Waals surface area contributed by atoms with Gasteiger partial charge in [0.25, 0.3) is 0 Å². The average Bonchev–Trinajstić information content (AvgIpc) is 2.54. The molecule has 16 heavy (non-hydrogen) atoms. The van der Waals surface area contributed by atoms with Crippen LogP contribution in [0.15, 0.2) is 10.7 Å². The highest BCUT2D eigenvalue weighted by Gasteiger charge is 2.39. The lowest BCUT2D eigenvalue weighted by molar-refractivity contribution is -0.146. The number of fused-ring (bicyclic) bond motifs is 1. The Morgan fingerprint density at radius 1 is 1.62 bits per heavy atom. The Balaban J connectivity index is 2.36. The molecule has 0 saturated heterocycles. The molecule has 1 N–H and O–H groups in total. The van der Waals surface area contributed by atoms with Gasteiger partial charge < -0.3 is 14.3 Å². The summed E-state index contributed by atoms with van der Waals surface area (Å²) in [6.07, 6.45) is 0.777. The molecule has 0 fully saturated rings. The fraction of sp³-hybridized carbons (Fsp3) is 0.455. The third kappa shape index (κ3) is 1.58. The van der Waals surface area contributed by atoms with E-state index in [0.717, 1.165) is 6.26 Å². The van der Waals surface area contributed by atoms with E-state index in [0.29, 0.717) is 12.2 Å². The number of aromatic hydroxyl groups is 1. The van der Waals surface area contributed by atoms with Gasteiger partial charge in [-0.1, -0.05) is 6.92 Å². The largest absolute Gasteiger partial charge is 0.504 e. The van der Waals surface area contributed by atoms with Crippen molar-refractivity contribution in [2.24, 2.45) is 5.92 Å². The molecular formula is C11H12O5. The Hall–Kier alpha value is -1.78. The van der Waals surface area contributed by atoms with Gasteiger partial charge in [0.15, 0.2) is 11.9 Å². The highest BCUT2D eigenvalue weighted by atomic mass is 16.5. The summed E-state index contributed by atoms with van der Waals surface area (Å²) in [5, 5.41) is 9.45. The maximum absolute atomic E-state index is 11.9. The first-order chi connectivity index (χ1) is 7.50. The predicted octanol–water partition coefficient (Wildman–Crippen LogP) is 1.29. The lowest BCUT2D eigenvalue weighted by Crippen LogP contribution is -2.37. The second-order valence-corrected chi connectivity index (χ2v) is 3.99. The molecule has 0 amide bonds. The van der Waals surface area contributed by atoms with E-state index >= 15 is 0 Å². The van der Waals surface area contributed by atoms with E-state index in [1.54, 1.807) is 6.92 Å². The molecule has 0 saturated carbocycles. The first-order valence-corrected chi connectivity index (χ1v) is 5.01. The summed E-state index contributed by atoms with van der Waals surface area (Å²) >= 11 is 0. The van der Waals surface area contributed by atoms with Gasteiger partial charge in [-0.15, -0.1) is 0 Å². The molecule has 5 nitrogen and oxygen atoms in total. The Kier molecular flexibility index (Phi) is 2.46. The summed E-state index contributed by atoms with van der Waals surface area (Å²) in [5.74, 6) is -0.774. The molecule has 0 aliphatic heterocycles. The summed E-state index contributed by atoms with van der Waals surface area (Å²) < 4.78 is 10.0. The van der Waals surface area contributed by atoms with Crippen molar-refractivity contribution >= 4 is 11.8 Å². The summed E-state index contributed by atoms with van der Waals surface area (Å²) in [6.45, 7) is 3.05. The molecule has 1 aliphatic carbocycles. The summed E-state index contributed by atoms with van der Waals surface area (Å²) in [7, 11) is 0. The molecule has 86 valence electrons. The van der Waals surface area contributed by atoms with E-state index in [9.17, 15) is 14.7 Å². The normalized spacial score (nSPS) is 24.0. The topological polar surface area (TPSA) is 76.7 Å². The van der Waals surface area contributed by atoms with Crippen LogP contribution in [0.1, 0.15) is 30.0 Å². The minimum atomic E-state index is -0.825. The summed E-state index contributed by atoms with van der Waals surface area (Å²) in [4.78, 5) is 22.8. The first-order valence-electron chi connectivity index (χ1n) is 5.01. The average molecular weight is 224 g/mol. The fourth-order valence-corrected chi connectivity index (χ4v) is 1.95. The van der Waals surface area contributed by atoms with Crippen LogP contribution in [-0.4, -0.2) is 23.0 Å². The van der Waals surface area contributed by atoms with Crippen molar-refractivity contribution in [2.45, 2.75) is 26.4 Å². The minimum Gasteiger partial charge on any atom is -0.504 e. The number of Topliss-reactive ketones (excluding diaryl/α,β-unsaturated/α-hetero) is 1. The first kappa shape index (κ1) is 10.7. The van der Waals surface area contributed by atoms with Gasteiger partial charge in [-0.3, -0.25) is 9.59 Å². The van der Waals surface area contributed by atoms with Crippen molar-refractivity contribution in [3.05, 3.63) is 17.6 Å². The van der Waals surface area contributed by atoms with Crippen LogP contribution in [0.5, 0.6) is 5.75 Å². The van der Waals surface area contributed by atoms with Crippen molar-refractivity contribution in [3.63, 3.8) is 0 Å². The van der Waals surface area contributed by atoms with Gasteiger partial charge in [-0.25, -0.2) is 0 Å². The van der Waals surface area contributed by atoms with Crippen molar-refractivity contribution < 1.29 is 23.8 Å². The maximum atomic E-state index is 11.9. The molecule has 0 spiro atoms. The molecule has 0 bridgehead atoms. The predicted molar refractivity (Wildman–Crippen MR) is 53.1 cm³/mol. The van der Waals surface area contributed by atoms with Gasteiger partial charge in [0.05, 0.1) is 0 Å². The fourth-order valence-electron chi connectivity index (χ4n) is 1.95. The number of furan rings is 1. The molecule has 2 atom stereocenters. The third-order valence-electron chi connectivity index (χ3n) is 2.67. The van der Waals surface area contributed by atoms with Crippen LogP contribution >= 0.6 is 0 Å². The zero-order valence-corrected chi connectivity index (χ0v) is 9.02. The van der Waals surface area contributed by atoms with Crippen LogP contribution in [0.3, 0.4) is 0 Å². The molecule has 0 radical (unpaired) electrons. The lowest BCUT2D eigenvalue weighted by Gasteiger charge is -2.25. The highest BCUT2D eigenvalue weighted by molar-refractivity contribution is 6.04. The van der Waals surface area contributed by atoms with Crippen molar-refractivity contribution in [1.82, 2.24) is 0 Å².